The summed E-state index contributed by atoms with van der Waals surface area (Å²) in [5.41, 5.74) is 2.58. The summed E-state index contributed by atoms with van der Waals surface area (Å²) in [6, 6.07) is 20.5. The Morgan fingerprint density at radius 1 is 0.800 bits per heavy atom. The molecule has 0 atom stereocenters. The zero-order chi connectivity index (χ0) is 21.1. The van der Waals surface area contributed by atoms with E-state index in [0.717, 1.165) is 5.69 Å². The van der Waals surface area contributed by atoms with Gasteiger partial charge in [-0.05, 0) is 36.4 Å². The molecule has 30 heavy (non-hydrogen) atoms. The number of carbonyl (C=O) groups excluding carboxylic acids is 2. The number of benzene rings is 2. The van der Waals surface area contributed by atoms with Crippen molar-refractivity contribution in [2.45, 2.75) is 0 Å². The summed E-state index contributed by atoms with van der Waals surface area (Å²) in [7, 11) is 2.53. The highest BCUT2D eigenvalue weighted by molar-refractivity contribution is 6.06. The molecular formula is C23H19N3O4. The first kappa shape index (κ1) is 19.2. The van der Waals surface area contributed by atoms with Crippen molar-refractivity contribution in [3.63, 3.8) is 0 Å². The van der Waals surface area contributed by atoms with Crippen LogP contribution in [-0.4, -0.2) is 40.5 Å². The lowest BCUT2D eigenvalue weighted by Gasteiger charge is -2.07. The molecule has 0 saturated heterocycles. The highest BCUT2D eigenvalue weighted by atomic mass is 16.5. The van der Waals surface area contributed by atoms with Gasteiger partial charge in [0, 0.05) is 23.6 Å². The largest absolute Gasteiger partial charge is 0.465 e. The highest BCUT2D eigenvalue weighted by Gasteiger charge is 2.31. The summed E-state index contributed by atoms with van der Waals surface area (Å²) in [6.07, 6.45) is 3.84. The second-order valence-corrected chi connectivity index (χ2v) is 6.44. The third-order valence-corrected chi connectivity index (χ3v) is 4.68. The molecule has 7 heteroatoms. The van der Waals surface area contributed by atoms with Crippen LogP contribution in [0.5, 0.6) is 0 Å². The van der Waals surface area contributed by atoms with E-state index in [-0.39, 0.29) is 11.3 Å². The minimum atomic E-state index is -0.681. The number of esters is 2. The van der Waals surface area contributed by atoms with Crippen LogP contribution in [0.3, 0.4) is 0 Å². The second kappa shape index (κ2) is 8.08. The van der Waals surface area contributed by atoms with Crippen LogP contribution in [0.15, 0.2) is 79.1 Å². The third kappa shape index (κ3) is 3.37. The number of carbonyl (C=O) groups is 2. The van der Waals surface area contributed by atoms with E-state index < -0.39 is 11.9 Å². The number of aromatic nitrogens is 3. The van der Waals surface area contributed by atoms with Crippen molar-refractivity contribution in [1.82, 2.24) is 14.3 Å². The first-order valence-electron chi connectivity index (χ1n) is 9.23. The zero-order valence-electron chi connectivity index (χ0n) is 16.5. The standard InChI is InChI=1S/C23H19N3O4/c1-29-22(27)19-20(16-9-8-12-18(15-16)25-13-6-7-14-25)24-26(21(19)23(28)30-2)17-10-4-3-5-11-17/h3-15H,1-2H3. The first-order valence-corrected chi connectivity index (χ1v) is 9.23. The van der Waals surface area contributed by atoms with Crippen LogP contribution in [0.25, 0.3) is 22.6 Å². The third-order valence-electron chi connectivity index (χ3n) is 4.68. The van der Waals surface area contributed by atoms with Crippen LogP contribution in [0, 0.1) is 0 Å². The van der Waals surface area contributed by atoms with Crippen LogP contribution in [0.2, 0.25) is 0 Å². The molecule has 0 spiro atoms. The van der Waals surface area contributed by atoms with Gasteiger partial charge in [-0.3, -0.25) is 0 Å². The molecule has 4 aromatic rings. The fourth-order valence-electron chi connectivity index (χ4n) is 3.28. The molecule has 0 amide bonds. The van der Waals surface area contributed by atoms with Gasteiger partial charge in [-0.1, -0.05) is 30.3 Å². The molecule has 0 aliphatic heterocycles. The van der Waals surface area contributed by atoms with Gasteiger partial charge in [0.05, 0.1) is 19.9 Å². The van der Waals surface area contributed by atoms with E-state index in [2.05, 4.69) is 5.10 Å². The SMILES string of the molecule is COC(=O)c1c(-c2cccc(-n3cccc3)c2)nn(-c2ccccc2)c1C(=O)OC. The lowest BCUT2D eigenvalue weighted by Crippen LogP contribution is -2.15. The van der Waals surface area contributed by atoms with Crippen LogP contribution in [0.1, 0.15) is 20.8 Å². The molecule has 0 aliphatic carbocycles. The molecule has 0 unspecified atom stereocenters. The first-order chi connectivity index (χ1) is 14.6. The summed E-state index contributed by atoms with van der Waals surface area (Å²) in [6.45, 7) is 0. The molecule has 0 fully saturated rings. The molecule has 0 saturated carbocycles. The van der Waals surface area contributed by atoms with Gasteiger partial charge < -0.3 is 14.0 Å². The molecule has 150 valence electrons. The number of hydrogen-bond acceptors (Lipinski definition) is 5. The van der Waals surface area contributed by atoms with Crippen molar-refractivity contribution in [2.24, 2.45) is 0 Å². The normalized spacial score (nSPS) is 10.6. The maximum absolute atomic E-state index is 12.7. The number of rotatable bonds is 5. The molecule has 2 heterocycles. The average molecular weight is 401 g/mol. The molecule has 0 N–H and O–H groups in total. The Balaban J connectivity index is 1.98. The maximum Gasteiger partial charge on any atom is 0.357 e. The number of para-hydroxylation sites is 1. The Kier molecular flexibility index (Phi) is 5.17. The van der Waals surface area contributed by atoms with E-state index in [0.29, 0.717) is 16.9 Å². The lowest BCUT2D eigenvalue weighted by atomic mass is 10.0. The highest BCUT2D eigenvalue weighted by Crippen LogP contribution is 2.30. The van der Waals surface area contributed by atoms with Gasteiger partial charge in [-0.2, -0.15) is 5.10 Å². The van der Waals surface area contributed by atoms with Crippen molar-refractivity contribution in [3.8, 4) is 22.6 Å². The van der Waals surface area contributed by atoms with Crippen LogP contribution >= 0.6 is 0 Å². The molecule has 4 rings (SSSR count). The molecule has 2 aromatic carbocycles. The van der Waals surface area contributed by atoms with E-state index in [1.54, 1.807) is 12.1 Å². The van der Waals surface area contributed by atoms with Crippen LogP contribution < -0.4 is 0 Å². The van der Waals surface area contributed by atoms with Crippen molar-refractivity contribution in [3.05, 3.63) is 90.4 Å². The second-order valence-electron chi connectivity index (χ2n) is 6.44. The minimum Gasteiger partial charge on any atom is -0.465 e. The lowest BCUT2D eigenvalue weighted by molar-refractivity contribution is 0.0549. The molecule has 0 aliphatic rings. The number of methoxy groups -OCH3 is 2. The zero-order valence-corrected chi connectivity index (χ0v) is 16.5. The minimum absolute atomic E-state index is 0.0110. The van der Waals surface area contributed by atoms with Crippen LogP contribution in [0.4, 0.5) is 0 Å². The Hall–Kier alpha value is -4.13. The van der Waals surface area contributed by atoms with Gasteiger partial charge in [0.1, 0.15) is 11.3 Å². The van der Waals surface area contributed by atoms with E-state index >= 15 is 0 Å². The summed E-state index contributed by atoms with van der Waals surface area (Å²) < 4.78 is 13.3. The van der Waals surface area contributed by atoms with Gasteiger partial charge in [0.25, 0.3) is 0 Å². The van der Waals surface area contributed by atoms with Crippen molar-refractivity contribution in [2.75, 3.05) is 14.2 Å². The van der Waals surface area contributed by atoms with Crippen LogP contribution in [-0.2, 0) is 9.47 Å². The Morgan fingerprint density at radius 3 is 2.13 bits per heavy atom. The fraction of sp³-hybridized carbons (Fsp3) is 0.0870. The van der Waals surface area contributed by atoms with E-state index in [9.17, 15) is 9.59 Å². The number of nitrogens with zero attached hydrogens (tertiary/aromatic N) is 3. The van der Waals surface area contributed by atoms with Gasteiger partial charge in [0.15, 0.2) is 5.69 Å². The van der Waals surface area contributed by atoms with E-state index in [4.69, 9.17) is 9.47 Å². The molecule has 0 radical (unpaired) electrons. The van der Waals surface area contributed by atoms with E-state index in [1.807, 2.05) is 71.6 Å². The van der Waals surface area contributed by atoms with E-state index in [1.165, 1.54) is 18.9 Å². The summed E-state index contributed by atoms with van der Waals surface area (Å²) in [5, 5.41) is 4.62. The average Bonchev–Trinajstić information content (AvgIpc) is 3.47. The van der Waals surface area contributed by atoms with Gasteiger partial charge in [0.2, 0.25) is 0 Å². The predicted molar refractivity (Wildman–Crippen MR) is 111 cm³/mol. The number of ether oxygens (including phenoxy) is 2. The Bertz CT molecular complexity index is 1190. The van der Waals surface area contributed by atoms with Crippen molar-refractivity contribution >= 4 is 11.9 Å². The molecular weight excluding hydrogens is 382 g/mol. The topological polar surface area (TPSA) is 75.4 Å². The summed E-state index contributed by atoms with van der Waals surface area (Å²) in [5.74, 6) is -1.35. The fourth-order valence-corrected chi connectivity index (χ4v) is 3.28. The summed E-state index contributed by atoms with van der Waals surface area (Å²) >= 11 is 0. The van der Waals surface area contributed by atoms with Gasteiger partial charge >= 0.3 is 11.9 Å². The smallest absolute Gasteiger partial charge is 0.357 e. The Morgan fingerprint density at radius 2 is 1.47 bits per heavy atom. The van der Waals surface area contributed by atoms with Crippen molar-refractivity contribution in [1.29, 1.82) is 0 Å². The predicted octanol–water partition coefficient (Wildman–Crippen LogP) is 3.90. The summed E-state index contributed by atoms with van der Waals surface area (Å²) in [4.78, 5) is 25.4. The molecule has 0 bridgehead atoms. The van der Waals surface area contributed by atoms with Gasteiger partial charge in [-0.25, -0.2) is 14.3 Å². The monoisotopic (exact) mass is 401 g/mol. The maximum atomic E-state index is 12.7. The molecule has 2 aromatic heterocycles. The molecule has 7 nitrogen and oxygen atoms in total. The Labute approximate surface area is 173 Å². The number of hydrogen-bond donors (Lipinski definition) is 0. The van der Waals surface area contributed by atoms with Crippen molar-refractivity contribution < 1.29 is 19.1 Å². The van der Waals surface area contributed by atoms with Gasteiger partial charge in [-0.15, -0.1) is 0 Å². The quantitative estimate of drug-likeness (QED) is 0.474.